The second-order valence-electron chi connectivity index (χ2n) is 7.69. The lowest BCUT2D eigenvalue weighted by molar-refractivity contribution is -0.139. The van der Waals surface area contributed by atoms with Crippen LogP contribution in [0.1, 0.15) is 42.7 Å². The maximum absolute atomic E-state index is 13.0. The first-order chi connectivity index (χ1) is 16.4. The van der Waals surface area contributed by atoms with Gasteiger partial charge in [0.2, 0.25) is 11.9 Å². The van der Waals surface area contributed by atoms with Gasteiger partial charge in [-0.15, -0.1) is 0 Å². The minimum atomic E-state index is -4.84. The minimum absolute atomic E-state index is 0.0389. The van der Waals surface area contributed by atoms with Crippen LogP contribution >= 0.6 is 0 Å². The van der Waals surface area contributed by atoms with Crippen LogP contribution in [-0.4, -0.2) is 63.8 Å². The van der Waals surface area contributed by atoms with Crippen molar-refractivity contribution in [1.82, 2.24) is 25.1 Å². The molecule has 1 aliphatic heterocycles. The summed E-state index contributed by atoms with van der Waals surface area (Å²) in [4.78, 5) is 34.6. The van der Waals surface area contributed by atoms with E-state index in [0.717, 1.165) is 0 Å². The summed E-state index contributed by atoms with van der Waals surface area (Å²) >= 11 is 0. The van der Waals surface area contributed by atoms with E-state index in [1.807, 2.05) is 5.10 Å². The molecule has 0 aromatic carbocycles. The fraction of sp³-hybridized carbons (Fsp3) is 0.550. The number of nitrogens with one attached hydrogen (secondary N) is 1. The predicted octanol–water partition coefficient (Wildman–Crippen LogP) is 2.80. The van der Waals surface area contributed by atoms with E-state index in [2.05, 4.69) is 15.1 Å². The van der Waals surface area contributed by atoms with Gasteiger partial charge >= 0.3 is 12.4 Å². The molecular weight excluding hydrogens is 486 g/mol. The van der Waals surface area contributed by atoms with Crippen LogP contribution in [0.15, 0.2) is 23.3 Å². The van der Waals surface area contributed by atoms with Crippen LogP contribution < -0.4 is 10.5 Å². The summed E-state index contributed by atoms with van der Waals surface area (Å²) in [6.45, 7) is 2.79. The van der Waals surface area contributed by atoms with E-state index >= 15 is 0 Å². The molecule has 0 spiro atoms. The van der Waals surface area contributed by atoms with Crippen molar-refractivity contribution in [2.24, 2.45) is 0 Å². The van der Waals surface area contributed by atoms with E-state index in [4.69, 9.17) is 4.74 Å². The van der Waals surface area contributed by atoms with Crippen molar-refractivity contribution < 1.29 is 35.9 Å². The van der Waals surface area contributed by atoms with Crippen molar-refractivity contribution in [3.63, 3.8) is 0 Å². The number of ether oxygens (including phenoxy) is 1. The monoisotopic (exact) mass is 508 g/mol. The van der Waals surface area contributed by atoms with Crippen LogP contribution in [-0.2, 0) is 21.9 Å². The van der Waals surface area contributed by atoms with E-state index in [1.54, 1.807) is 16.7 Å². The molecule has 0 unspecified atom stereocenters. The topological polar surface area (TPSA) is 104 Å². The number of hydrogen-bond acceptors (Lipinski definition) is 7. The molecule has 1 atom stereocenters. The smallest absolute Gasteiger partial charge is 0.371 e. The summed E-state index contributed by atoms with van der Waals surface area (Å²) in [5, 5.41) is 5.45. The Bertz CT molecular complexity index is 1060. The van der Waals surface area contributed by atoms with Crippen LogP contribution in [0.5, 0.6) is 0 Å². The highest BCUT2D eigenvalue weighted by atomic mass is 19.4. The maximum Gasteiger partial charge on any atom is 0.421 e. The fourth-order valence-electron chi connectivity index (χ4n) is 3.44. The van der Waals surface area contributed by atoms with Gasteiger partial charge in [-0.2, -0.15) is 31.4 Å². The van der Waals surface area contributed by atoms with Gasteiger partial charge in [-0.25, -0.2) is 15.1 Å². The Morgan fingerprint density at radius 2 is 1.71 bits per heavy atom. The molecule has 2 aromatic heterocycles. The zero-order valence-corrected chi connectivity index (χ0v) is 18.5. The largest absolute Gasteiger partial charge is 0.421 e. The quantitative estimate of drug-likeness (QED) is 0.574. The molecule has 1 saturated heterocycles. The van der Waals surface area contributed by atoms with Gasteiger partial charge in [-0.1, -0.05) is 6.92 Å². The zero-order valence-electron chi connectivity index (χ0n) is 18.5. The third kappa shape index (κ3) is 6.68. The van der Waals surface area contributed by atoms with Crippen LogP contribution in [0.3, 0.4) is 0 Å². The minimum Gasteiger partial charge on any atom is -0.371 e. The normalized spacial score (nSPS) is 15.9. The van der Waals surface area contributed by atoms with Crippen LogP contribution in [0.2, 0.25) is 0 Å². The highest BCUT2D eigenvalue weighted by Gasteiger charge is 2.35. The molecule has 0 radical (unpaired) electrons. The highest BCUT2D eigenvalue weighted by Crippen LogP contribution is 2.29. The molecule has 1 fully saturated rings. The molecule has 15 heteroatoms. The molecule has 0 aliphatic carbocycles. The molecule has 0 saturated carbocycles. The molecule has 9 nitrogen and oxygen atoms in total. The molecule has 3 rings (SSSR count). The molecule has 1 amide bonds. The third-order valence-electron chi connectivity index (χ3n) is 5.35. The standard InChI is InChI=1S/C20H22F6N6O3/c1-2-15(14-9-13(20(24,25)26)17(34)30-29-14)35-8-3-16(33)31-4-6-32(7-5-31)18-27-10-12(11-28-18)19(21,22)23/h9-11,15H,2-8H2,1H3,(H,30,34)/t15-/m1/s1. The van der Waals surface area contributed by atoms with Gasteiger partial charge in [0.1, 0.15) is 11.7 Å². The Hall–Kier alpha value is -3.23. The number of hydrogen-bond donors (Lipinski definition) is 1. The zero-order chi connectivity index (χ0) is 25.8. The maximum atomic E-state index is 13.0. The summed E-state index contributed by atoms with van der Waals surface area (Å²) < 4.78 is 82.4. The van der Waals surface area contributed by atoms with E-state index in [0.29, 0.717) is 31.5 Å². The number of aromatic nitrogens is 4. The molecule has 192 valence electrons. The molecule has 1 aliphatic rings. The molecule has 2 aromatic rings. The Kier molecular flexibility index (Phi) is 7.97. The third-order valence-corrected chi connectivity index (χ3v) is 5.35. The van der Waals surface area contributed by atoms with Crippen molar-refractivity contribution >= 4 is 11.9 Å². The first kappa shape index (κ1) is 26.4. The van der Waals surface area contributed by atoms with Gasteiger partial charge in [-0.3, -0.25) is 9.59 Å². The summed E-state index contributed by atoms with van der Waals surface area (Å²) in [5.74, 6) is -0.121. The van der Waals surface area contributed by atoms with E-state index in [9.17, 15) is 35.9 Å². The number of carbonyl (C=O) groups excluding carboxylic acids is 1. The van der Waals surface area contributed by atoms with Gasteiger partial charge in [0.05, 0.1) is 24.3 Å². The molecule has 1 N–H and O–H groups in total. The van der Waals surface area contributed by atoms with Crippen molar-refractivity contribution in [1.29, 1.82) is 0 Å². The fourth-order valence-corrected chi connectivity index (χ4v) is 3.44. The van der Waals surface area contributed by atoms with Gasteiger partial charge in [-0.05, 0) is 12.5 Å². The number of H-pyrrole nitrogens is 1. The highest BCUT2D eigenvalue weighted by molar-refractivity contribution is 5.76. The van der Waals surface area contributed by atoms with E-state index in [1.165, 1.54) is 0 Å². The van der Waals surface area contributed by atoms with Gasteiger partial charge < -0.3 is 14.5 Å². The number of nitrogens with zero attached hydrogens (tertiary/aromatic N) is 5. The number of rotatable bonds is 7. The number of halogens is 6. The lowest BCUT2D eigenvalue weighted by atomic mass is 10.1. The van der Waals surface area contributed by atoms with E-state index < -0.39 is 35.1 Å². The summed E-state index contributed by atoms with van der Waals surface area (Å²) in [7, 11) is 0. The van der Waals surface area contributed by atoms with Crippen LogP contribution in [0.4, 0.5) is 32.3 Å². The predicted molar refractivity (Wildman–Crippen MR) is 109 cm³/mol. The lowest BCUT2D eigenvalue weighted by Crippen LogP contribution is -2.49. The average molecular weight is 508 g/mol. The summed E-state index contributed by atoms with van der Waals surface area (Å²) in [6.07, 6.45) is -8.59. The number of aromatic amines is 1. The molecular formula is C20H22F6N6O3. The SMILES string of the molecule is CC[C@@H](OCCC(=O)N1CCN(c2ncc(C(F)(F)F)cn2)CC1)c1cc(C(F)(F)F)c(=O)[nH]n1. The van der Waals surface area contributed by atoms with Gasteiger partial charge in [0, 0.05) is 38.6 Å². The Morgan fingerprint density at radius 3 is 2.26 bits per heavy atom. The Labute approximate surface area is 195 Å². The lowest BCUT2D eigenvalue weighted by Gasteiger charge is -2.34. The first-order valence-electron chi connectivity index (χ1n) is 10.6. The van der Waals surface area contributed by atoms with Crippen molar-refractivity contribution in [3.8, 4) is 0 Å². The summed E-state index contributed by atoms with van der Waals surface area (Å²) in [5.41, 5.74) is -3.79. The number of amides is 1. The van der Waals surface area contributed by atoms with Crippen LogP contribution in [0.25, 0.3) is 0 Å². The number of carbonyl (C=O) groups is 1. The second kappa shape index (κ2) is 10.6. The number of anilines is 1. The van der Waals surface area contributed by atoms with E-state index in [-0.39, 0.29) is 50.1 Å². The van der Waals surface area contributed by atoms with Crippen molar-refractivity contribution in [3.05, 3.63) is 45.6 Å². The molecule has 3 heterocycles. The van der Waals surface area contributed by atoms with Gasteiger partial charge in [0.25, 0.3) is 5.56 Å². The number of alkyl halides is 6. The second-order valence-corrected chi connectivity index (χ2v) is 7.69. The van der Waals surface area contributed by atoms with Crippen molar-refractivity contribution in [2.45, 2.75) is 38.2 Å². The summed E-state index contributed by atoms with van der Waals surface area (Å²) in [6, 6.07) is 0.636. The average Bonchev–Trinajstić information content (AvgIpc) is 2.81. The van der Waals surface area contributed by atoms with Crippen molar-refractivity contribution in [2.75, 3.05) is 37.7 Å². The Morgan fingerprint density at radius 1 is 1.09 bits per heavy atom. The number of piperazine rings is 1. The molecule has 35 heavy (non-hydrogen) atoms. The first-order valence-corrected chi connectivity index (χ1v) is 10.6. The Balaban J connectivity index is 1.49. The van der Waals surface area contributed by atoms with Crippen LogP contribution in [0, 0.1) is 0 Å². The molecule has 0 bridgehead atoms. The van der Waals surface area contributed by atoms with Gasteiger partial charge in [0.15, 0.2) is 0 Å².